The zero-order valence-corrected chi connectivity index (χ0v) is 30.9. The van der Waals surface area contributed by atoms with Crippen molar-refractivity contribution in [3.8, 4) is 0 Å². The number of rotatable bonds is 35. The predicted molar refractivity (Wildman–Crippen MR) is 194 cm³/mol. The standard InChI is InChI=1S/C40H86N2/c1-7-9-11-13-15-17-19-21-23-25-27-29-33-37-41(3,4)39-35-31-32-36-40-42(5,6)38-34-30-28-26-24-22-20-18-16-14-12-10-8-2/h7-40H2,1-6H3/q+2. The summed E-state index contributed by atoms with van der Waals surface area (Å²) in [6.07, 6.45) is 43.5. The Morgan fingerprint density at radius 1 is 0.214 bits per heavy atom. The molecule has 0 heterocycles. The van der Waals surface area contributed by atoms with Crippen LogP contribution in [0, 0.1) is 0 Å². The summed E-state index contributed by atoms with van der Waals surface area (Å²) in [5, 5.41) is 0. The second-order valence-corrected chi connectivity index (χ2v) is 15.7. The summed E-state index contributed by atoms with van der Waals surface area (Å²) >= 11 is 0. The van der Waals surface area contributed by atoms with Crippen molar-refractivity contribution in [2.45, 2.75) is 206 Å². The van der Waals surface area contributed by atoms with Crippen LogP contribution in [0.4, 0.5) is 0 Å². The summed E-state index contributed by atoms with van der Waals surface area (Å²) in [5.74, 6) is 0. The largest absolute Gasteiger partial charge is 0.328 e. The Bertz CT molecular complexity index is 466. The van der Waals surface area contributed by atoms with Crippen LogP contribution in [0.3, 0.4) is 0 Å². The van der Waals surface area contributed by atoms with Crippen LogP contribution in [0.2, 0.25) is 0 Å². The summed E-state index contributed by atoms with van der Waals surface area (Å²) in [6, 6.07) is 0. The zero-order chi connectivity index (χ0) is 31.0. The summed E-state index contributed by atoms with van der Waals surface area (Å²) in [6.45, 7) is 10.1. The van der Waals surface area contributed by atoms with Crippen LogP contribution in [-0.4, -0.2) is 63.3 Å². The van der Waals surface area contributed by atoms with E-state index < -0.39 is 0 Å². The highest BCUT2D eigenvalue weighted by atomic mass is 15.3. The van der Waals surface area contributed by atoms with Crippen molar-refractivity contribution in [3.63, 3.8) is 0 Å². The lowest BCUT2D eigenvalue weighted by molar-refractivity contribution is -0.891. The van der Waals surface area contributed by atoms with Crippen molar-refractivity contribution in [1.82, 2.24) is 0 Å². The minimum Gasteiger partial charge on any atom is -0.328 e. The lowest BCUT2D eigenvalue weighted by atomic mass is 10.0. The fourth-order valence-corrected chi connectivity index (χ4v) is 6.77. The van der Waals surface area contributed by atoms with E-state index in [1.165, 1.54) is 228 Å². The zero-order valence-electron chi connectivity index (χ0n) is 30.9. The van der Waals surface area contributed by atoms with E-state index in [4.69, 9.17) is 0 Å². The molecule has 0 aromatic rings. The maximum atomic E-state index is 2.47. The minimum atomic E-state index is 1.23. The van der Waals surface area contributed by atoms with Gasteiger partial charge in [-0.05, 0) is 51.4 Å². The second kappa shape index (κ2) is 30.9. The molecule has 0 N–H and O–H groups in total. The highest BCUT2D eigenvalue weighted by Crippen LogP contribution is 2.16. The topological polar surface area (TPSA) is 0 Å². The third kappa shape index (κ3) is 32.8. The monoisotopic (exact) mass is 595 g/mol. The van der Waals surface area contributed by atoms with Crippen LogP contribution in [0.25, 0.3) is 0 Å². The summed E-state index contributed by atoms with van der Waals surface area (Å²) in [5.41, 5.74) is 0. The van der Waals surface area contributed by atoms with E-state index in [0.29, 0.717) is 0 Å². The van der Waals surface area contributed by atoms with Crippen LogP contribution in [-0.2, 0) is 0 Å². The van der Waals surface area contributed by atoms with Crippen LogP contribution >= 0.6 is 0 Å². The first-order valence-electron chi connectivity index (χ1n) is 20.0. The third-order valence-electron chi connectivity index (χ3n) is 10.0. The SMILES string of the molecule is CCCCCCCCCCCCCCC[N+](C)(C)CCCCCC[N+](C)(C)CCCCCCCCCCCCCCC. The molecule has 0 saturated heterocycles. The van der Waals surface area contributed by atoms with Crippen molar-refractivity contribution in [2.24, 2.45) is 0 Å². The molecule has 42 heavy (non-hydrogen) atoms. The number of nitrogens with zero attached hydrogens (tertiary/aromatic N) is 2. The Labute approximate surface area is 269 Å². The van der Waals surface area contributed by atoms with Gasteiger partial charge in [-0.15, -0.1) is 0 Å². The van der Waals surface area contributed by atoms with Crippen molar-refractivity contribution in [2.75, 3.05) is 54.4 Å². The van der Waals surface area contributed by atoms with Gasteiger partial charge in [0.15, 0.2) is 0 Å². The number of quaternary nitrogens is 2. The van der Waals surface area contributed by atoms with E-state index in [-0.39, 0.29) is 0 Å². The Hall–Kier alpha value is -0.0800. The number of unbranched alkanes of at least 4 members (excludes halogenated alkanes) is 27. The molecular weight excluding hydrogens is 508 g/mol. The first kappa shape index (κ1) is 41.9. The third-order valence-corrected chi connectivity index (χ3v) is 10.0. The second-order valence-electron chi connectivity index (χ2n) is 15.7. The van der Waals surface area contributed by atoms with Gasteiger partial charge in [-0.1, -0.05) is 155 Å². The molecule has 0 unspecified atom stereocenters. The molecule has 2 nitrogen and oxygen atoms in total. The van der Waals surface area contributed by atoms with E-state index in [0.717, 1.165) is 0 Å². The first-order valence-corrected chi connectivity index (χ1v) is 20.0. The van der Waals surface area contributed by atoms with Gasteiger partial charge in [0.05, 0.1) is 54.4 Å². The highest BCUT2D eigenvalue weighted by Gasteiger charge is 2.15. The number of hydrogen-bond donors (Lipinski definition) is 0. The molecule has 0 aliphatic rings. The molecule has 0 aromatic heterocycles. The van der Waals surface area contributed by atoms with Gasteiger partial charge in [-0.2, -0.15) is 0 Å². The lowest BCUT2D eigenvalue weighted by Crippen LogP contribution is -2.41. The maximum Gasteiger partial charge on any atom is 0.0782 e. The fourth-order valence-electron chi connectivity index (χ4n) is 6.77. The van der Waals surface area contributed by atoms with Crippen molar-refractivity contribution >= 4 is 0 Å². The van der Waals surface area contributed by atoms with Gasteiger partial charge >= 0.3 is 0 Å². The Morgan fingerprint density at radius 3 is 0.524 bits per heavy atom. The van der Waals surface area contributed by atoms with Crippen molar-refractivity contribution in [1.29, 1.82) is 0 Å². The van der Waals surface area contributed by atoms with E-state index in [9.17, 15) is 0 Å². The fraction of sp³-hybridized carbons (Fsp3) is 1.00. The van der Waals surface area contributed by atoms with Gasteiger partial charge in [0, 0.05) is 0 Å². The van der Waals surface area contributed by atoms with Gasteiger partial charge in [-0.3, -0.25) is 0 Å². The molecule has 0 saturated carbocycles. The van der Waals surface area contributed by atoms with Gasteiger partial charge in [-0.25, -0.2) is 0 Å². The van der Waals surface area contributed by atoms with Crippen LogP contribution in [0.1, 0.15) is 206 Å². The average molecular weight is 595 g/mol. The molecule has 0 rings (SSSR count). The van der Waals surface area contributed by atoms with Crippen LogP contribution < -0.4 is 0 Å². The lowest BCUT2D eigenvalue weighted by Gasteiger charge is -2.31. The minimum absolute atomic E-state index is 1.23. The molecular formula is C40H86N2+2. The first-order chi connectivity index (χ1) is 20.3. The highest BCUT2D eigenvalue weighted by molar-refractivity contribution is 4.52. The molecule has 0 atom stereocenters. The van der Waals surface area contributed by atoms with E-state index in [1.807, 2.05) is 0 Å². The maximum absolute atomic E-state index is 2.47. The van der Waals surface area contributed by atoms with Gasteiger partial charge in [0.1, 0.15) is 0 Å². The van der Waals surface area contributed by atoms with Gasteiger partial charge in [0.2, 0.25) is 0 Å². The van der Waals surface area contributed by atoms with Crippen molar-refractivity contribution < 1.29 is 8.97 Å². The van der Waals surface area contributed by atoms with Gasteiger partial charge < -0.3 is 8.97 Å². The summed E-state index contributed by atoms with van der Waals surface area (Å²) in [4.78, 5) is 0. The molecule has 254 valence electrons. The van der Waals surface area contributed by atoms with E-state index in [1.54, 1.807) is 0 Å². The molecule has 0 aliphatic carbocycles. The molecule has 0 aliphatic heterocycles. The van der Waals surface area contributed by atoms with Crippen molar-refractivity contribution in [3.05, 3.63) is 0 Å². The molecule has 0 fully saturated rings. The molecule has 0 spiro atoms. The smallest absolute Gasteiger partial charge is 0.0782 e. The summed E-state index contributed by atoms with van der Waals surface area (Å²) in [7, 11) is 9.87. The summed E-state index contributed by atoms with van der Waals surface area (Å²) < 4.78 is 2.47. The molecule has 2 heteroatoms. The van der Waals surface area contributed by atoms with Crippen LogP contribution in [0.15, 0.2) is 0 Å². The Morgan fingerprint density at radius 2 is 0.357 bits per heavy atom. The van der Waals surface area contributed by atoms with Gasteiger partial charge in [0.25, 0.3) is 0 Å². The molecule has 0 amide bonds. The molecule has 0 bridgehead atoms. The Balaban J connectivity index is 3.49. The van der Waals surface area contributed by atoms with Crippen LogP contribution in [0.5, 0.6) is 0 Å². The average Bonchev–Trinajstić information content (AvgIpc) is 2.95. The quantitative estimate of drug-likeness (QED) is 0.0505. The predicted octanol–water partition coefficient (Wildman–Crippen LogP) is 12.9. The number of hydrogen-bond acceptors (Lipinski definition) is 0. The Kier molecular flexibility index (Phi) is 30.9. The van der Waals surface area contributed by atoms with E-state index >= 15 is 0 Å². The molecule has 0 aromatic carbocycles. The molecule has 0 radical (unpaired) electrons. The van der Waals surface area contributed by atoms with E-state index in [2.05, 4.69) is 42.0 Å². The normalized spacial score (nSPS) is 12.4.